The Balaban J connectivity index is 2.28. The zero-order valence-corrected chi connectivity index (χ0v) is 14.4. The molecule has 0 bridgehead atoms. The van der Waals surface area contributed by atoms with Crippen LogP contribution in [0.4, 0.5) is 5.69 Å². The largest absolute Gasteiger partial charge is 0.345 e. The zero-order chi connectivity index (χ0) is 17.9. The summed E-state index contributed by atoms with van der Waals surface area (Å²) < 4.78 is 0. The number of hydrogen-bond donors (Lipinski definition) is 1. The van der Waals surface area contributed by atoms with Crippen LogP contribution in [0.25, 0.3) is 0 Å². The van der Waals surface area contributed by atoms with Gasteiger partial charge in [-0.3, -0.25) is 14.9 Å². The van der Waals surface area contributed by atoms with Gasteiger partial charge in [-0.05, 0) is 49.9 Å². The molecule has 0 fully saturated rings. The van der Waals surface area contributed by atoms with Crippen LogP contribution in [0.1, 0.15) is 52.0 Å². The average molecular weight is 326 g/mol. The molecule has 126 valence electrons. The first kappa shape index (κ1) is 17.7. The predicted molar refractivity (Wildman–Crippen MR) is 94.2 cm³/mol. The number of nitrogens with one attached hydrogen (secondary N) is 1. The van der Waals surface area contributed by atoms with E-state index in [0.29, 0.717) is 11.1 Å². The maximum Gasteiger partial charge on any atom is 0.273 e. The molecule has 24 heavy (non-hydrogen) atoms. The molecule has 0 aliphatic rings. The van der Waals surface area contributed by atoms with Gasteiger partial charge < -0.3 is 5.32 Å². The molecule has 1 atom stereocenters. The molecule has 0 heterocycles. The van der Waals surface area contributed by atoms with Gasteiger partial charge in [-0.15, -0.1) is 0 Å². The Morgan fingerprint density at radius 3 is 2.46 bits per heavy atom. The number of rotatable bonds is 5. The number of benzene rings is 2. The van der Waals surface area contributed by atoms with Crippen LogP contribution in [0.2, 0.25) is 0 Å². The number of carbonyl (C=O) groups is 1. The molecule has 1 N–H and O–H groups in total. The Morgan fingerprint density at radius 1 is 1.17 bits per heavy atom. The van der Waals surface area contributed by atoms with Gasteiger partial charge in [-0.2, -0.15) is 0 Å². The van der Waals surface area contributed by atoms with E-state index in [0.717, 1.165) is 12.0 Å². The van der Waals surface area contributed by atoms with Crippen LogP contribution in [0.3, 0.4) is 0 Å². The fourth-order valence-corrected chi connectivity index (χ4v) is 2.71. The van der Waals surface area contributed by atoms with Crippen LogP contribution in [-0.4, -0.2) is 10.8 Å². The Labute approximate surface area is 141 Å². The first-order chi connectivity index (χ1) is 11.3. The maximum absolute atomic E-state index is 12.6. The smallest absolute Gasteiger partial charge is 0.273 e. The monoisotopic (exact) mass is 326 g/mol. The standard InChI is InChI=1S/C19H22N2O3/c1-5-17(15-10-9-12(2)13(3)11-15)20-19(22)16-7-6-8-18(14(16)4)21(23)24/h6-11,17H,5H2,1-4H3,(H,20,22). The summed E-state index contributed by atoms with van der Waals surface area (Å²) in [6, 6.07) is 10.6. The van der Waals surface area contributed by atoms with Gasteiger partial charge in [0.05, 0.1) is 11.0 Å². The van der Waals surface area contributed by atoms with Crippen molar-refractivity contribution in [1.29, 1.82) is 0 Å². The molecule has 0 aliphatic carbocycles. The summed E-state index contributed by atoms with van der Waals surface area (Å²) in [6.07, 6.45) is 0.738. The molecule has 5 nitrogen and oxygen atoms in total. The lowest BCUT2D eigenvalue weighted by atomic mass is 9.98. The number of carbonyl (C=O) groups excluding carboxylic acids is 1. The van der Waals surface area contributed by atoms with Gasteiger partial charge in [0, 0.05) is 17.2 Å². The molecule has 0 spiro atoms. The fourth-order valence-electron chi connectivity index (χ4n) is 2.71. The summed E-state index contributed by atoms with van der Waals surface area (Å²) in [6.45, 7) is 7.69. The third-order valence-corrected chi connectivity index (χ3v) is 4.39. The zero-order valence-electron chi connectivity index (χ0n) is 14.4. The summed E-state index contributed by atoms with van der Waals surface area (Å²) in [4.78, 5) is 23.2. The lowest BCUT2D eigenvalue weighted by molar-refractivity contribution is -0.385. The minimum atomic E-state index is -0.466. The number of nitro groups is 1. The number of aryl methyl sites for hydroxylation is 2. The fraction of sp³-hybridized carbons (Fsp3) is 0.316. The molecule has 0 radical (unpaired) electrons. The van der Waals surface area contributed by atoms with Gasteiger partial charge in [0.2, 0.25) is 0 Å². The van der Waals surface area contributed by atoms with E-state index in [4.69, 9.17) is 0 Å². The van der Waals surface area contributed by atoms with Crippen molar-refractivity contribution in [3.8, 4) is 0 Å². The molecular weight excluding hydrogens is 304 g/mol. The van der Waals surface area contributed by atoms with Crippen molar-refractivity contribution >= 4 is 11.6 Å². The van der Waals surface area contributed by atoms with Crippen molar-refractivity contribution in [1.82, 2.24) is 5.32 Å². The molecule has 0 saturated carbocycles. The van der Waals surface area contributed by atoms with Gasteiger partial charge in [0.25, 0.3) is 11.6 Å². The lowest BCUT2D eigenvalue weighted by Gasteiger charge is -2.19. The highest BCUT2D eigenvalue weighted by atomic mass is 16.6. The molecule has 2 aromatic carbocycles. The Hall–Kier alpha value is -2.69. The highest BCUT2D eigenvalue weighted by Gasteiger charge is 2.20. The molecule has 1 unspecified atom stereocenters. The van der Waals surface area contributed by atoms with Crippen LogP contribution in [0, 0.1) is 30.9 Å². The SMILES string of the molecule is CCC(NC(=O)c1cccc([N+](=O)[O-])c1C)c1ccc(C)c(C)c1. The number of amides is 1. The van der Waals surface area contributed by atoms with Crippen LogP contribution in [-0.2, 0) is 0 Å². The van der Waals surface area contributed by atoms with Gasteiger partial charge in [0.15, 0.2) is 0 Å². The van der Waals surface area contributed by atoms with Gasteiger partial charge in [-0.1, -0.05) is 31.2 Å². The first-order valence-electron chi connectivity index (χ1n) is 7.97. The number of nitro benzene ring substituents is 1. The van der Waals surface area contributed by atoms with E-state index in [1.165, 1.54) is 23.3 Å². The van der Waals surface area contributed by atoms with E-state index in [1.807, 2.05) is 32.9 Å². The molecule has 1 amide bonds. The van der Waals surface area contributed by atoms with Gasteiger partial charge in [-0.25, -0.2) is 0 Å². The normalized spacial score (nSPS) is 11.8. The molecule has 2 rings (SSSR count). The summed E-state index contributed by atoms with van der Waals surface area (Å²) in [5, 5.41) is 14.0. The summed E-state index contributed by atoms with van der Waals surface area (Å²) in [5.74, 6) is -0.290. The Bertz CT molecular complexity index is 784. The molecule has 0 aromatic heterocycles. The minimum Gasteiger partial charge on any atom is -0.345 e. The van der Waals surface area contributed by atoms with Gasteiger partial charge in [0.1, 0.15) is 0 Å². The second-order valence-electron chi connectivity index (χ2n) is 5.98. The van der Waals surface area contributed by atoms with E-state index in [1.54, 1.807) is 13.0 Å². The van der Waals surface area contributed by atoms with Crippen LogP contribution in [0.5, 0.6) is 0 Å². The van der Waals surface area contributed by atoms with E-state index in [2.05, 4.69) is 11.4 Å². The van der Waals surface area contributed by atoms with E-state index in [9.17, 15) is 14.9 Å². The van der Waals surface area contributed by atoms with Crippen molar-refractivity contribution in [3.05, 3.63) is 74.3 Å². The maximum atomic E-state index is 12.6. The third kappa shape index (κ3) is 3.62. The predicted octanol–water partition coefficient (Wildman–Crippen LogP) is 4.40. The van der Waals surface area contributed by atoms with E-state index >= 15 is 0 Å². The van der Waals surface area contributed by atoms with Crippen LogP contribution < -0.4 is 5.32 Å². The van der Waals surface area contributed by atoms with Crippen LogP contribution >= 0.6 is 0 Å². The molecule has 5 heteroatoms. The highest BCUT2D eigenvalue weighted by molar-refractivity contribution is 5.96. The third-order valence-electron chi connectivity index (χ3n) is 4.39. The first-order valence-corrected chi connectivity index (χ1v) is 7.97. The molecule has 0 saturated heterocycles. The molecule has 2 aromatic rings. The van der Waals surface area contributed by atoms with Crippen molar-refractivity contribution in [2.24, 2.45) is 0 Å². The topological polar surface area (TPSA) is 72.2 Å². The Morgan fingerprint density at radius 2 is 1.88 bits per heavy atom. The highest BCUT2D eigenvalue weighted by Crippen LogP contribution is 2.24. The number of nitrogens with zero attached hydrogens (tertiary/aromatic N) is 1. The van der Waals surface area contributed by atoms with Crippen molar-refractivity contribution in [2.75, 3.05) is 0 Å². The molecular formula is C19H22N2O3. The van der Waals surface area contributed by atoms with Crippen molar-refractivity contribution < 1.29 is 9.72 Å². The number of hydrogen-bond acceptors (Lipinski definition) is 3. The lowest BCUT2D eigenvalue weighted by Crippen LogP contribution is -2.29. The Kier molecular flexibility index (Phi) is 5.34. The van der Waals surface area contributed by atoms with Crippen molar-refractivity contribution in [2.45, 2.75) is 40.2 Å². The summed E-state index contributed by atoms with van der Waals surface area (Å²) in [5.41, 5.74) is 4.10. The van der Waals surface area contributed by atoms with E-state index < -0.39 is 4.92 Å². The second kappa shape index (κ2) is 7.25. The minimum absolute atomic E-state index is 0.0399. The summed E-state index contributed by atoms with van der Waals surface area (Å²) in [7, 11) is 0. The van der Waals surface area contributed by atoms with Crippen molar-refractivity contribution in [3.63, 3.8) is 0 Å². The molecule has 0 aliphatic heterocycles. The van der Waals surface area contributed by atoms with Crippen LogP contribution in [0.15, 0.2) is 36.4 Å². The second-order valence-corrected chi connectivity index (χ2v) is 5.98. The summed E-state index contributed by atoms with van der Waals surface area (Å²) >= 11 is 0. The quantitative estimate of drug-likeness (QED) is 0.654. The average Bonchev–Trinajstić information content (AvgIpc) is 2.55. The van der Waals surface area contributed by atoms with Gasteiger partial charge >= 0.3 is 0 Å². The van der Waals surface area contributed by atoms with E-state index in [-0.39, 0.29) is 17.6 Å².